The SMILES string of the molecule is COc1ccc(C(C)=O)cc1CN1CCC[C@@H](C(=O)Nc2ccccc2)C1. The Labute approximate surface area is 160 Å². The second-order valence-electron chi connectivity index (χ2n) is 7.01. The highest BCUT2D eigenvalue weighted by Crippen LogP contribution is 2.25. The van der Waals surface area contributed by atoms with E-state index >= 15 is 0 Å². The highest BCUT2D eigenvalue weighted by atomic mass is 16.5. The lowest BCUT2D eigenvalue weighted by Crippen LogP contribution is -2.40. The van der Waals surface area contributed by atoms with Crippen LogP contribution in [0.25, 0.3) is 0 Å². The van der Waals surface area contributed by atoms with Gasteiger partial charge in [0.05, 0.1) is 13.0 Å². The van der Waals surface area contributed by atoms with Crippen LogP contribution in [0.4, 0.5) is 5.69 Å². The monoisotopic (exact) mass is 366 g/mol. The van der Waals surface area contributed by atoms with Crippen LogP contribution in [0.1, 0.15) is 35.7 Å². The maximum Gasteiger partial charge on any atom is 0.228 e. The Bertz CT molecular complexity index is 804. The molecule has 1 atom stereocenters. The van der Waals surface area contributed by atoms with Gasteiger partial charge in [-0.1, -0.05) is 18.2 Å². The van der Waals surface area contributed by atoms with Gasteiger partial charge in [-0.2, -0.15) is 0 Å². The van der Waals surface area contributed by atoms with Crippen molar-refractivity contribution < 1.29 is 14.3 Å². The minimum Gasteiger partial charge on any atom is -0.496 e. The maximum absolute atomic E-state index is 12.6. The predicted octanol–water partition coefficient (Wildman–Crippen LogP) is 3.75. The van der Waals surface area contributed by atoms with E-state index < -0.39 is 0 Å². The van der Waals surface area contributed by atoms with E-state index in [0.717, 1.165) is 36.4 Å². The van der Waals surface area contributed by atoms with Crippen molar-refractivity contribution in [1.82, 2.24) is 4.90 Å². The number of carbonyl (C=O) groups is 2. The van der Waals surface area contributed by atoms with Crippen LogP contribution in [0.5, 0.6) is 5.75 Å². The molecule has 0 unspecified atom stereocenters. The molecule has 1 amide bonds. The number of carbonyl (C=O) groups excluding carboxylic acids is 2. The van der Waals surface area contributed by atoms with E-state index in [-0.39, 0.29) is 17.6 Å². The molecule has 2 aromatic carbocycles. The molecule has 1 heterocycles. The third kappa shape index (κ3) is 4.95. The van der Waals surface area contributed by atoms with Crippen molar-refractivity contribution in [3.8, 4) is 5.75 Å². The number of rotatable bonds is 6. The fourth-order valence-electron chi connectivity index (χ4n) is 3.54. The number of Topliss-reactive ketones (excluding diaryl/α,β-unsaturated/α-hetero) is 1. The fraction of sp³-hybridized carbons (Fsp3) is 0.364. The smallest absolute Gasteiger partial charge is 0.228 e. The Morgan fingerprint density at radius 3 is 2.67 bits per heavy atom. The normalized spacial score (nSPS) is 17.3. The van der Waals surface area contributed by atoms with Gasteiger partial charge in [-0.05, 0) is 56.6 Å². The van der Waals surface area contributed by atoms with Gasteiger partial charge in [0.2, 0.25) is 5.91 Å². The molecule has 0 spiro atoms. The van der Waals surface area contributed by atoms with Crippen LogP contribution in [0, 0.1) is 5.92 Å². The lowest BCUT2D eigenvalue weighted by Gasteiger charge is -2.32. The molecule has 1 saturated heterocycles. The number of hydrogen-bond donors (Lipinski definition) is 1. The molecule has 5 nitrogen and oxygen atoms in total. The summed E-state index contributed by atoms with van der Waals surface area (Å²) in [5.74, 6) is 0.838. The van der Waals surface area contributed by atoms with Gasteiger partial charge in [-0.3, -0.25) is 14.5 Å². The fourth-order valence-corrected chi connectivity index (χ4v) is 3.54. The highest BCUT2D eigenvalue weighted by molar-refractivity contribution is 5.94. The summed E-state index contributed by atoms with van der Waals surface area (Å²) in [6, 6.07) is 15.1. The van der Waals surface area contributed by atoms with Crippen LogP contribution < -0.4 is 10.1 Å². The van der Waals surface area contributed by atoms with E-state index in [0.29, 0.717) is 18.7 Å². The predicted molar refractivity (Wildman–Crippen MR) is 106 cm³/mol. The third-order valence-corrected chi connectivity index (χ3v) is 5.00. The lowest BCUT2D eigenvalue weighted by molar-refractivity contribution is -0.121. The molecule has 0 aliphatic carbocycles. The quantitative estimate of drug-likeness (QED) is 0.791. The number of ketones is 1. The summed E-state index contributed by atoms with van der Waals surface area (Å²) in [4.78, 5) is 26.6. The number of nitrogens with one attached hydrogen (secondary N) is 1. The molecule has 1 aliphatic heterocycles. The van der Waals surface area contributed by atoms with E-state index in [2.05, 4.69) is 10.2 Å². The van der Waals surface area contributed by atoms with Crippen molar-refractivity contribution in [2.24, 2.45) is 5.92 Å². The zero-order valence-corrected chi connectivity index (χ0v) is 15.9. The topological polar surface area (TPSA) is 58.6 Å². The standard InChI is InChI=1S/C22H26N2O3/c1-16(25)17-10-11-21(27-2)19(13-17)15-24-12-6-7-18(14-24)22(26)23-20-8-4-3-5-9-20/h3-5,8-11,13,18H,6-7,12,14-15H2,1-2H3,(H,23,26)/t18-/m1/s1. The Morgan fingerprint density at radius 2 is 1.96 bits per heavy atom. The number of methoxy groups -OCH3 is 1. The number of nitrogens with zero attached hydrogens (tertiary/aromatic N) is 1. The van der Waals surface area contributed by atoms with Crippen LogP contribution in [-0.2, 0) is 11.3 Å². The average molecular weight is 366 g/mol. The van der Waals surface area contributed by atoms with Gasteiger partial charge >= 0.3 is 0 Å². The zero-order valence-electron chi connectivity index (χ0n) is 15.9. The first-order valence-corrected chi connectivity index (χ1v) is 9.33. The molecule has 1 aliphatic rings. The van der Waals surface area contributed by atoms with Crippen molar-refractivity contribution in [3.05, 3.63) is 59.7 Å². The van der Waals surface area contributed by atoms with E-state index in [1.165, 1.54) is 0 Å². The van der Waals surface area contributed by atoms with Crippen molar-refractivity contribution in [2.75, 3.05) is 25.5 Å². The van der Waals surface area contributed by atoms with Crippen molar-refractivity contribution in [2.45, 2.75) is 26.3 Å². The van der Waals surface area contributed by atoms with Gasteiger partial charge in [-0.15, -0.1) is 0 Å². The summed E-state index contributed by atoms with van der Waals surface area (Å²) in [6.45, 7) is 3.87. The molecular weight excluding hydrogens is 340 g/mol. The van der Waals surface area contributed by atoms with E-state index in [1.54, 1.807) is 20.1 Å². The number of anilines is 1. The molecule has 0 radical (unpaired) electrons. The molecule has 142 valence electrons. The van der Waals surface area contributed by atoms with Crippen LogP contribution >= 0.6 is 0 Å². The summed E-state index contributed by atoms with van der Waals surface area (Å²) < 4.78 is 5.46. The first-order chi connectivity index (χ1) is 13.1. The second kappa shape index (κ2) is 8.82. The number of hydrogen-bond acceptors (Lipinski definition) is 4. The van der Waals surface area contributed by atoms with Crippen LogP contribution in [0.2, 0.25) is 0 Å². The van der Waals surface area contributed by atoms with Crippen LogP contribution in [-0.4, -0.2) is 36.8 Å². The largest absolute Gasteiger partial charge is 0.496 e. The number of benzene rings is 2. The minimum atomic E-state index is -0.0408. The molecule has 1 fully saturated rings. The van der Waals surface area contributed by atoms with Crippen molar-refractivity contribution in [1.29, 1.82) is 0 Å². The summed E-state index contributed by atoms with van der Waals surface area (Å²) in [6.07, 6.45) is 1.86. The zero-order chi connectivity index (χ0) is 19.2. The van der Waals surface area contributed by atoms with Crippen molar-refractivity contribution >= 4 is 17.4 Å². The molecule has 2 aromatic rings. The Hall–Kier alpha value is -2.66. The molecule has 0 aromatic heterocycles. The third-order valence-electron chi connectivity index (χ3n) is 5.00. The van der Waals surface area contributed by atoms with Crippen LogP contribution in [0.3, 0.4) is 0 Å². The van der Waals surface area contributed by atoms with Gasteiger partial charge in [0.25, 0.3) is 0 Å². The van der Waals surface area contributed by atoms with Gasteiger partial charge < -0.3 is 10.1 Å². The summed E-state index contributed by atoms with van der Waals surface area (Å²) in [5, 5.41) is 3.01. The lowest BCUT2D eigenvalue weighted by atomic mass is 9.96. The average Bonchev–Trinajstić information content (AvgIpc) is 2.69. The number of para-hydroxylation sites is 1. The second-order valence-corrected chi connectivity index (χ2v) is 7.01. The molecule has 1 N–H and O–H groups in total. The van der Waals surface area contributed by atoms with Crippen molar-refractivity contribution in [3.63, 3.8) is 0 Å². The van der Waals surface area contributed by atoms with E-state index in [9.17, 15) is 9.59 Å². The number of amides is 1. The molecule has 3 rings (SSSR count). The first kappa shape index (κ1) is 19.1. The first-order valence-electron chi connectivity index (χ1n) is 9.33. The molecule has 0 bridgehead atoms. The molecule has 5 heteroatoms. The Morgan fingerprint density at radius 1 is 1.19 bits per heavy atom. The number of piperidine rings is 1. The van der Waals surface area contributed by atoms with E-state index in [4.69, 9.17) is 4.74 Å². The molecular formula is C22H26N2O3. The van der Waals surface area contributed by atoms with E-state index in [1.807, 2.05) is 42.5 Å². The summed E-state index contributed by atoms with van der Waals surface area (Å²) >= 11 is 0. The molecule has 0 saturated carbocycles. The van der Waals surface area contributed by atoms with Gasteiger partial charge in [-0.25, -0.2) is 0 Å². The summed E-state index contributed by atoms with van der Waals surface area (Å²) in [7, 11) is 1.64. The minimum absolute atomic E-state index is 0.0395. The van der Waals surface area contributed by atoms with Gasteiger partial charge in [0.1, 0.15) is 5.75 Å². The number of ether oxygens (including phenoxy) is 1. The maximum atomic E-state index is 12.6. The Kier molecular flexibility index (Phi) is 6.24. The number of likely N-dealkylation sites (tertiary alicyclic amines) is 1. The molecule has 27 heavy (non-hydrogen) atoms. The van der Waals surface area contributed by atoms with Gasteiger partial charge in [0, 0.05) is 29.9 Å². The highest BCUT2D eigenvalue weighted by Gasteiger charge is 2.26. The van der Waals surface area contributed by atoms with Gasteiger partial charge in [0.15, 0.2) is 5.78 Å². The van der Waals surface area contributed by atoms with Crippen LogP contribution in [0.15, 0.2) is 48.5 Å². The summed E-state index contributed by atoms with van der Waals surface area (Å²) in [5.41, 5.74) is 2.49. The Balaban J connectivity index is 1.67.